The summed E-state index contributed by atoms with van der Waals surface area (Å²) in [7, 11) is 0. The molecule has 1 N–H and O–H groups in total. The van der Waals surface area contributed by atoms with Gasteiger partial charge in [0.15, 0.2) is 0 Å². The second-order valence-corrected chi connectivity index (χ2v) is 9.11. The van der Waals surface area contributed by atoms with E-state index in [1.165, 1.54) is 19.3 Å². The number of carbonyl (C=O) groups excluding carboxylic acids is 1. The number of aliphatic hydroxyl groups is 1. The van der Waals surface area contributed by atoms with Gasteiger partial charge in [-0.2, -0.15) is 0 Å². The zero-order chi connectivity index (χ0) is 16.1. The van der Waals surface area contributed by atoms with E-state index < -0.39 is 0 Å². The highest BCUT2D eigenvalue weighted by atomic mass is 16.3. The largest absolute Gasteiger partial charge is 0.392 e. The van der Waals surface area contributed by atoms with Crippen LogP contribution in [0.5, 0.6) is 0 Å². The molecule has 0 heterocycles. The lowest BCUT2D eigenvalue weighted by molar-refractivity contribution is -0.154. The summed E-state index contributed by atoms with van der Waals surface area (Å²) in [5.74, 6) is 2.18. The molecule has 0 radical (unpaired) electrons. The van der Waals surface area contributed by atoms with Crippen LogP contribution in [0, 0.1) is 34.5 Å². The van der Waals surface area contributed by atoms with Crippen molar-refractivity contribution in [1.29, 1.82) is 0 Å². The van der Waals surface area contributed by atoms with Crippen LogP contribution in [0.4, 0.5) is 0 Å². The van der Waals surface area contributed by atoms with Crippen molar-refractivity contribution < 1.29 is 9.90 Å². The number of Topliss-reactive ketones (excluding diaryl/α,β-unsaturated/α-hetero) is 1. The highest BCUT2D eigenvalue weighted by molar-refractivity contribution is 5.83. The maximum Gasteiger partial charge on any atom is 0.136 e. The van der Waals surface area contributed by atoms with E-state index in [9.17, 15) is 9.90 Å². The fourth-order valence-electron chi connectivity index (χ4n) is 6.29. The molecular weight excluding hydrogens is 272 g/mol. The van der Waals surface area contributed by atoms with Crippen molar-refractivity contribution in [2.24, 2.45) is 34.5 Å². The monoisotopic (exact) mass is 304 g/mol. The van der Waals surface area contributed by atoms with Crippen molar-refractivity contribution in [2.45, 2.75) is 65.7 Å². The van der Waals surface area contributed by atoms with Gasteiger partial charge in [0.05, 0.1) is 6.61 Å². The van der Waals surface area contributed by atoms with Crippen LogP contribution in [0.15, 0.2) is 12.2 Å². The molecule has 22 heavy (non-hydrogen) atoms. The van der Waals surface area contributed by atoms with E-state index in [1.807, 2.05) is 0 Å². The Morgan fingerprint density at radius 2 is 2.00 bits per heavy atom. The lowest BCUT2D eigenvalue weighted by atomic mass is 9.44. The Balaban J connectivity index is 1.87. The fourth-order valence-corrected chi connectivity index (χ4v) is 6.29. The molecule has 3 saturated carbocycles. The van der Waals surface area contributed by atoms with Crippen LogP contribution in [-0.4, -0.2) is 17.5 Å². The van der Waals surface area contributed by atoms with E-state index in [4.69, 9.17) is 0 Å². The first-order valence-electron chi connectivity index (χ1n) is 9.11. The Bertz CT molecular complexity index is 478. The van der Waals surface area contributed by atoms with Crippen LogP contribution >= 0.6 is 0 Å². The van der Waals surface area contributed by atoms with E-state index in [2.05, 4.69) is 27.4 Å². The SMILES string of the molecule is C=C(CO)C1CCC2C(C1)C(=O)CC1C(C)(C)CCCC21C. The van der Waals surface area contributed by atoms with Crippen LogP contribution in [0.25, 0.3) is 0 Å². The summed E-state index contributed by atoms with van der Waals surface area (Å²) in [5, 5.41) is 9.37. The molecule has 2 heteroatoms. The minimum Gasteiger partial charge on any atom is -0.392 e. The Hall–Kier alpha value is -0.630. The van der Waals surface area contributed by atoms with Gasteiger partial charge in [0.1, 0.15) is 5.78 Å². The van der Waals surface area contributed by atoms with E-state index in [1.54, 1.807) is 0 Å². The van der Waals surface area contributed by atoms with E-state index in [0.29, 0.717) is 34.4 Å². The number of aliphatic hydroxyl groups excluding tert-OH is 1. The molecule has 0 saturated heterocycles. The lowest BCUT2D eigenvalue weighted by Gasteiger charge is -2.60. The first-order chi connectivity index (χ1) is 10.3. The molecule has 0 aromatic carbocycles. The summed E-state index contributed by atoms with van der Waals surface area (Å²) in [6.07, 6.45) is 7.83. The molecule has 2 nitrogen and oxygen atoms in total. The van der Waals surface area contributed by atoms with Gasteiger partial charge in [-0.05, 0) is 66.3 Å². The van der Waals surface area contributed by atoms with Crippen molar-refractivity contribution in [1.82, 2.24) is 0 Å². The second-order valence-electron chi connectivity index (χ2n) is 9.11. The summed E-state index contributed by atoms with van der Waals surface area (Å²) in [6, 6.07) is 0. The average Bonchev–Trinajstić information content (AvgIpc) is 2.48. The van der Waals surface area contributed by atoms with E-state index >= 15 is 0 Å². The van der Waals surface area contributed by atoms with E-state index in [-0.39, 0.29) is 12.5 Å². The fraction of sp³-hybridized carbons (Fsp3) is 0.850. The average molecular weight is 304 g/mol. The predicted octanol–water partition coefficient (Wildman–Crippen LogP) is 4.37. The Labute approximate surface area is 135 Å². The van der Waals surface area contributed by atoms with Crippen LogP contribution in [0.3, 0.4) is 0 Å². The van der Waals surface area contributed by atoms with Gasteiger partial charge in [-0.1, -0.05) is 33.8 Å². The van der Waals surface area contributed by atoms with Crippen molar-refractivity contribution in [2.75, 3.05) is 6.61 Å². The maximum atomic E-state index is 12.9. The molecule has 5 unspecified atom stereocenters. The Morgan fingerprint density at radius 1 is 1.27 bits per heavy atom. The van der Waals surface area contributed by atoms with Gasteiger partial charge in [0.2, 0.25) is 0 Å². The third-order valence-corrected chi connectivity index (χ3v) is 7.57. The smallest absolute Gasteiger partial charge is 0.136 e. The lowest BCUT2D eigenvalue weighted by Crippen LogP contribution is -2.56. The van der Waals surface area contributed by atoms with Crippen LogP contribution < -0.4 is 0 Å². The number of hydrogen-bond acceptors (Lipinski definition) is 2. The van der Waals surface area contributed by atoms with Crippen LogP contribution in [0.1, 0.15) is 65.7 Å². The summed E-state index contributed by atoms with van der Waals surface area (Å²) in [6.45, 7) is 11.3. The Morgan fingerprint density at radius 3 is 2.68 bits per heavy atom. The van der Waals surface area contributed by atoms with Gasteiger partial charge in [-0.15, -0.1) is 0 Å². The van der Waals surface area contributed by atoms with Crippen molar-refractivity contribution in [3.05, 3.63) is 12.2 Å². The summed E-state index contributed by atoms with van der Waals surface area (Å²) < 4.78 is 0. The number of rotatable bonds is 2. The first kappa shape index (κ1) is 16.2. The third kappa shape index (κ3) is 2.38. The normalized spacial score (nSPS) is 44.1. The second kappa shape index (κ2) is 5.47. The summed E-state index contributed by atoms with van der Waals surface area (Å²) >= 11 is 0. The minimum absolute atomic E-state index is 0.0726. The summed E-state index contributed by atoms with van der Waals surface area (Å²) in [5.41, 5.74) is 1.58. The summed E-state index contributed by atoms with van der Waals surface area (Å²) in [4.78, 5) is 12.9. The molecule has 0 amide bonds. The number of carbonyl (C=O) groups is 1. The molecule has 0 bridgehead atoms. The topological polar surface area (TPSA) is 37.3 Å². The molecule has 3 aliphatic carbocycles. The first-order valence-corrected chi connectivity index (χ1v) is 9.11. The molecule has 3 aliphatic rings. The number of fused-ring (bicyclic) bond motifs is 3. The van der Waals surface area contributed by atoms with Crippen molar-refractivity contribution in [3.8, 4) is 0 Å². The number of hydrogen-bond donors (Lipinski definition) is 1. The minimum atomic E-state index is 0.0726. The zero-order valence-electron chi connectivity index (χ0n) is 14.5. The highest BCUT2D eigenvalue weighted by Gasteiger charge is 2.58. The van der Waals surface area contributed by atoms with Gasteiger partial charge >= 0.3 is 0 Å². The molecule has 0 aromatic rings. The van der Waals surface area contributed by atoms with Crippen molar-refractivity contribution in [3.63, 3.8) is 0 Å². The molecule has 3 rings (SSSR count). The zero-order valence-corrected chi connectivity index (χ0v) is 14.5. The van der Waals surface area contributed by atoms with Gasteiger partial charge in [0, 0.05) is 12.3 Å². The molecule has 0 aliphatic heterocycles. The molecule has 5 atom stereocenters. The van der Waals surface area contributed by atoms with Gasteiger partial charge in [-0.25, -0.2) is 0 Å². The third-order valence-electron chi connectivity index (χ3n) is 7.57. The van der Waals surface area contributed by atoms with Gasteiger partial charge in [0.25, 0.3) is 0 Å². The standard InChI is InChI=1S/C20H32O2/c1-13(12-21)14-6-7-16-15(10-14)17(22)11-18-19(2,3)8-5-9-20(16,18)4/h14-16,18,21H,1,5-12H2,2-4H3. The molecule has 124 valence electrons. The van der Waals surface area contributed by atoms with Crippen LogP contribution in [0.2, 0.25) is 0 Å². The maximum absolute atomic E-state index is 12.9. The predicted molar refractivity (Wildman–Crippen MR) is 89.4 cm³/mol. The van der Waals surface area contributed by atoms with Crippen molar-refractivity contribution >= 4 is 5.78 Å². The number of ketones is 1. The Kier molecular flexibility index (Phi) is 4.04. The molecule has 0 spiro atoms. The highest BCUT2D eigenvalue weighted by Crippen LogP contribution is 2.63. The van der Waals surface area contributed by atoms with Gasteiger partial charge in [-0.3, -0.25) is 4.79 Å². The van der Waals surface area contributed by atoms with Crippen LogP contribution in [-0.2, 0) is 4.79 Å². The van der Waals surface area contributed by atoms with Gasteiger partial charge < -0.3 is 5.11 Å². The molecule has 3 fully saturated rings. The van der Waals surface area contributed by atoms with E-state index in [0.717, 1.165) is 31.3 Å². The molecule has 0 aromatic heterocycles. The molecular formula is C20H32O2. The quantitative estimate of drug-likeness (QED) is 0.769.